The molecule has 1 N–H and O–H groups in total. The third-order valence-electron chi connectivity index (χ3n) is 4.64. The van der Waals surface area contributed by atoms with Gasteiger partial charge in [-0.05, 0) is 30.5 Å². The molecule has 0 bridgehead atoms. The van der Waals surface area contributed by atoms with Crippen LogP contribution in [0.15, 0.2) is 40.8 Å². The number of rotatable bonds is 4. The van der Waals surface area contributed by atoms with Crippen LogP contribution in [-0.2, 0) is 6.54 Å². The highest BCUT2D eigenvalue weighted by molar-refractivity contribution is 5.37. The quantitative estimate of drug-likeness (QED) is 0.920. The van der Waals surface area contributed by atoms with E-state index in [1.807, 2.05) is 12.1 Å². The molecule has 0 spiro atoms. The lowest BCUT2D eigenvalue weighted by Crippen LogP contribution is -2.26. The molecule has 2 heterocycles. The Kier molecular flexibility index (Phi) is 3.23. The maximum atomic E-state index is 5.96. The number of fused-ring (bicyclic) bond motifs is 1. The van der Waals surface area contributed by atoms with E-state index in [2.05, 4.69) is 36.5 Å². The molecule has 2 aromatic rings. The van der Waals surface area contributed by atoms with Crippen molar-refractivity contribution in [2.24, 2.45) is 5.92 Å². The minimum atomic E-state index is 0.350. The minimum Gasteiger partial charge on any atom is -0.493 e. The smallest absolute Gasteiger partial charge is 0.124 e. The second-order valence-electron chi connectivity index (χ2n) is 6.23. The standard InChI is InChI=1S/C18H21NO2/c1-12-10-15(12)18-7-6-13(21-18)11-19-16-8-9-20-17-5-3-2-4-14(16)17/h2-7,12,15-16,19H,8-11H2,1H3/t12-,15+,16-/m1/s1. The van der Waals surface area contributed by atoms with E-state index >= 15 is 0 Å². The Bertz CT molecular complexity index is 634. The second kappa shape index (κ2) is 5.23. The summed E-state index contributed by atoms with van der Waals surface area (Å²) in [7, 11) is 0. The number of ether oxygens (including phenoxy) is 1. The SMILES string of the molecule is C[C@@H]1C[C@@H]1c1ccc(CN[C@@H]2CCOc3ccccc32)o1. The summed E-state index contributed by atoms with van der Waals surface area (Å²) in [5, 5.41) is 3.60. The van der Waals surface area contributed by atoms with Gasteiger partial charge in [0.25, 0.3) is 0 Å². The van der Waals surface area contributed by atoms with Crippen LogP contribution in [0.25, 0.3) is 0 Å². The molecule has 3 nitrogen and oxygen atoms in total. The Morgan fingerprint density at radius 1 is 1.19 bits per heavy atom. The molecule has 0 unspecified atom stereocenters. The van der Waals surface area contributed by atoms with Crippen LogP contribution < -0.4 is 10.1 Å². The van der Waals surface area contributed by atoms with Crippen molar-refractivity contribution in [1.29, 1.82) is 0 Å². The first kappa shape index (κ1) is 13.0. The number of hydrogen-bond acceptors (Lipinski definition) is 3. The first-order valence-corrected chi connectivity index (χ1v) is 7.85. The fourth-order valence-corrected chi connectivity index (χ4v) is 3.19. The summed E-state index contributed by atoms with van der Waals surface area (Å²) in [6.07, 6.45) is 2.28. The van der Waals surface area contributed by atoms with Crippen LogP contribution in [0, 0.1) is 5.92 Å². The number of nitrogens with one attached hydrogen (secondary N) is 1. The molecule has 1 aliphatic carbocycles. The molecule has 1 saturated carbocycles. The first-order chi connectivity index (χ1) is 10.3. The van der Waals surface area contributed by atoms with Gasteiger partial charge in [-0.15, -0.1) is 0 Å². The second-order valence-corrected chi connectivity index (χ2v) is 6.23. The van der Waals surface area contributed by atoms with Gasteiger partial charge in [-0.25, -0.2) is 0 Å². The van der Waals surface area contributed by atoms with Gasteiger partial charge >= 0.3 is 0 Å². The third-order valence-corrected chi connectivity index (χ3v) is 4.64. The van der Waals surface area contributed by atoms with Crippen LogP contribution in [0.4, 0.5) is 0 Å². The molecule has 4 rings (SSSR count). The zero-order chi connectivity index (χ0) is 14.2. The molecule has 0 amide bonds. The number of furan rings is 1. The molecular formula is C18H21NO2. The maximum absolute atomic E-state index is 5.96. The van der Waals surface area contributed by atoms with Crippen LogP contribution >= 0.6 is 0 Å². The molecule has 1 aromatic heterocycles. The van der Waals surface area contributed by atoms with Crippen molar-refractivity contribution in [3.05, 3.63) is 53.5 Å². The molecule has 3 heteroatoms. The van der Waals surface area contributed by atoms with Crippen molar-refractivity contribution in [3.63, 3.8) is 0 Å². The van der Waals surface area contributed by atoms with E-state index in [9.17, 15) is 0 Å². The molecule has 0 radical (unpaired) electrons. The average molecular weight is 283 g/mol. The Morgan fingerprint density at radius 3 is 2.90 bits per heavy atom. The summed E-state index contributed by atoms with van der Waals surface area (Å²) in [5.74, 6) is 4.65. The van der Waals surface area contributed by atoms with Gasteiger partial charge < -0.3 is 14.5 Å². The van der Waals surface area contributed by atoms with Gasteiger partial charge in [0.05, 0.1) is 13.2 Å². The third kappa shape index (κ3) is 2.58. The fourth-order valence-electron chi connectivity index (χ4n) is 3.19. The molecular weight excluding hydrogens is 262 g/mol. The Labute approximate surface area is 125 Å². The number of hydrogen-bond donors (Lipinski definition) is 1. The molecule has 2 aliphatic rings. The van der Waals surface area contributed by atoms with E-state index in [0.29, 0.717) is 12.0 Å². The predicted molar refractivity (Wildman–Crippen MR) is 81.4 cm³/mol. The highest BCUT2D eigenvalue weighted by Gasteiger charge is 2.36. The van der Waals surface area contributed by atoms with E-state index in [0.717, 1.165) is 42.8 Å². The number of benzene rings is 1. The Balaban J connectivity index is 1.42. The zero-order valence-electron chi connectivity index (χ0n) is 12.3. The van der Waals surface area contributed by atoms with Crippen LogP contribution in [-0.4, -0.2) is 6.61 Å². The van der Waals surface area contributed by atoms with Gasteiger partial charge in [-0.1, -0.05) is 25.1 Å². The normalized spacial score (nSPS) is 27.0. The van der Waals surface area contributed by atoms with Crippen LogP contribution in [0.5, 0.6) is 5.75 Å². The lowest BCUT2D eigenvalue weighted by atomic mass is 10.0. The fraction of sp³-hybridized carbons (Fsp3) is 0.444. The van der Waals surface area contributed by atoms with Crippen molar-refractivity contribution >= 4 is 0 Å². The summed E-state index contributed by atoms with van der Waals surface area (Å²) in [5.41, 5.74) is 1.26. The Morgan fingerprint density at radius 2 is 2.05 bits per heavy atom. The lowest BCUT2D eigenvalue weighted by Gasteiger charge is -2.26. The summed E-state index contributed by atoms with van der Waals surface area (Å²) >= 11 is 0. The van der Waals surface area contributed by atoms with Crippen molar-refractivity contribution in [2.45, 2.75) is 38.3 Å². The zero-order valence-corrected chi connectivity index (χ0v) is 12.3. The molecule has 3 atom stereocenters. The highest BCUT2D eigenvalue weighted by Crippen LogP contribution is 2.47. The summed E-state index contributed by atoms with van der Waals surface area (Å²) in [6.45, 7) is 3.84. The molecule has 0 saturated heterocycles. The highest BCUT2D eigenvalue weighted by atomic mass is 16.5. The minimum absolute atomic E-state index is 0.350. The van der Waals surface area contributed by atoms with Gasteiger partial charge in [-0.3, -0.25) is 0 Å². The van der Waals surface area contributed by atoms with E-state index in [1.54, 1.807) is 0 Å². The predicted octanol–water partition coefficient (Wildman–Crippen LogP) is 4.02. The molecule has 21 heavy (non-hydrogen) atoms. The van der Waals surface area contributed by atoms with Crippen molar-refractivity contribution in [2.75, 3.05) is 6.61 Å². The molecule has 110 valence electrons. The number of para-hydroxylation sites is 1. The molecule has 1 fully saturated rings. The van der Waals surface area contributed by atoms with Gasteiger partial charge in [0, 0.05) is 23.9 Å². The van der Waals surface area contributed by atoms with Crippen molar-refractivity contribution < 1.29 is 9.15 Å². The Hall–Kier alpha value is -1.74. The van der Waals surface area contributed by atoms with Gasteiger partial charge in [0.15, 0.2) is 0 Å². The van der Waals surface area contributed by atoms with Gasteiger partial charge in [-0.2, -0.15) is 0 Å². The lowest BCUT2D eigenvalue weighted by molar-refractivity contribution is 0.249. The van der Waals surface area contributed by atoms with E-state index in [-0.39, 0.29) is 0 Å². The van der Waals surface area contributed by atoms with Crippen LogP contribution in [0.2, 0.25) is 0 Å². The molecule has 1 aromatic carbocycles. The van der Waals surface area contributed by atoms with E-state index in [4.69, 9.17) is 9.15 Å². The summed E-state index contributed by atoms with van der Waals surface area (Å²) in [6, 6.07) is 12.9. The topological polar surface area (TPSA) is 34.4 Å². The van der Waals surface area contributed by atoms with Gasteiger partial charge in [0.1, 0.15) is 17.3 Å². The van der Waals surface area contributed by atoms with Crippen molar-refractivity contribution in [3.8, 4) is 5.75 Å². The largest absolute Gasteiger partial charge is 0.493 e. The average Bonchev–Trinajstić information content (AvgIpc) is 3.07. The van der Waals surface area contributed by atoms with E-state index in [1.165, 1.54) is 12.0 Å². The summed E-state index contributed by atoms with van der Waals surface area (Å²) in [4.78, 5) is 0. The van der Waals surface area contributed by atoms with Crippen LogP contribution in [0.3, 0.4) is 0 Å². The van der Waals surface area contributed by atoms with Gasteiger partial charge in [0.2, 0.25) is 0 Å². The first-order valence-electron chi connectivity index (χ1n) is 7.85. The monoisotopic (exact) mass is 283 g/mol. The van der Waals surface area contributed by atoms with E-state index < -0.39 is 0 Å². The van der Waals surface area contributed by atoms with Crippen LogP contribution in [0.1, 0.15) is 48.8 Å². The van der Waals surface area contributed by atoms with Crippen molar-refractivity contribution in [1.82, 2.24) is 5.32 Å². The summed E-state index contributed by atoms with van der Waals surface area (Å²) < 4.78 is 11.7. The maximum Gasteiger partial charge on any atom is 0.124 e. The molecule has 1 aliphatic heterocycles.